The standard InChI is InChI=1S/C19H19N3O2S/c23-18(11-21-13-25-12-19(21)24)20-15-6-2-4-8-17(15)22-10-9-14-5-1-3-7-16(14)22/h1-8H,9-13H2,(H,20,23). The van der Waals surface area contributed by atoms with Crippen LogP contribution in [0.15, 0.2) is 48.5 Å². The largest absolute Gasteiger partial charge is 0.339 e. The summed E-state index contributed by atoms with van der Waals surface area (Å²) in [5, 5.41) is 2.98. The number of rotatable bonds is 4. The predicted molar refractivity (Wildman–Crippen MR) is 101 cm³/mol. The summed E-state index contributed by atoms with van der Waals surface area (Å²) >= 11 is 1.54. The number of benzene rings is 2. The van der Waals surface area contributed by atoms with Gasteiger partial charge in [0.2, 0.25) is 11.8 Å². The van der Waals surface area contributed by atoms with Gasteiger partial charge in [-0.3, -0.25) is 9.59 Å². The van der Waals surface area contributed by atoms with Gasteiger partial charge in [-0.05, 0) is 30.2 Å². The molecule has 2 aromatic carbocycles. The van der Waals surface area contributed by atoms with Gasteiger partial charge in [-0.15, -0.1) is 11.8 Å². The molecule has 128 valence electrons. The van der Waals surface area contributed by atoms with Gasteiger partial charge in [0, 0.05) is 12.2 Å². The van der Waals surface area contributed by atoms with E-state index in [9.17, 15) is 9.59 Å². The lowest BCUT2D eigenvalue weighted by Gasteiger charge is -2.23. The lowest BCUT2D eigenvalue weighted by atomic mass is 10.2. The lowest BCUT2D eigenvalue weighted by molar-refractivity contribution is -0.130. The van der Waals surface area contributed by atoms with Crippen molar-refractivity contribution in [2.24, 2.45) is 0 Å². The van der Waals surface area contributed by atoms with Crippen molar-refractivity contribution in [3.63, 3.8) is 0 Å². The van der Waals surface area contributed by atoms with Crippen LogP contribution in [0.2, 0.25) is 0 Å². The normalized spacial score (nSPS) is 16.2. The maximum atomic E-state index is 12.4. The van der Waals surface area contributed by atoms with Crippen LogP contribution in [0.4, 0.5) is 17.1 Å². The molecule has 2 heterocycles. The van der Waals surface area contributed by atoms with Crippen LogP contribution < -0.4 is 10.2 Å². The Labute approximate surface area is 151 Å². The topological polar surface area (TPSA) is 52.7 Å². The summed E-state index contributed by atoms with van der Waals surface area (Å²) in [4.78, 5) is 27.9. The molecule has 2 amide bonds. The number of carbonyl (C=O) groups excluding carboxylic acids is 2. The Hall–Kier alpha value is -2.47. The van der Waals surface area contributed by atoms with Crippen molar-refractivity contribution in [3.05, 3.63) is 54.1 Å². The van der Waals surface area contributed by atoms with E-state index in [-0.39, 0.29) is 18.4 Å². The molecule has 25 heavy (non-hydrogen) atoms. The van der Waals surface area contributed by atoms with E-state index in [1.54, 1.807) is 16.7 Å². The smallest absolute Gasteiger partial charge is 0.244 e. The molecule has 0 aliphatic carbocycles. The van der Waals surface area contributed by atoms with Gasteiger partial charge in [0.25, 0.3) is 0 Å². The molecule has 6 heteroatoms. The molecule has 0 bridgehead atoms. The van der Waals surface area contributed by atoms with Gasteiger partial charge in [-0.25, -0.2) is 0 Å². The minimum absolute atomic E-state index is 0.0295. The van der Waals surface area contributed by atoms with Gasteiger partial charge in [-0.2, -0.15) is 0 Å². The van der Waals surface area contributed by atoms with Gasteiger partial charge < -0.3 is 15.1 Å². The highest BCUT2D eigenvalue weighted by molar-refractivity contribution is 8.00. The summed E-state index contributed by atoms with van der Waals surface area (Å²) in [6.45, 7) is 1.00. The first-order chi connectivity index (χ1) is 12.2. The minimum Gasteiger partial charge on any atom is -0.339 e. The Balaban J connectivity index is 1.54. The van der Waals surface area contributed by atoms with Gasteiger partial charge in [0.1, 0.15) is 6.54 Å². The molecule has 2 aromatic rings. The Kier molecular flexibility index (Phi) is 4.36. The summed E-state index contributed by atoms with van der Waals surface area (Å²) in [7, 11) is 0. The summed E-state index contributed by atoms with van der Waals surface area (Å²) in [6.07, 6.45) is 0.998. The number of nitrogens with one attached hydrogen (secondary N) is 1. The molecule has 4 rings (SSSR count). The molecule has 0 saturated carbocycles. The van der Waals surface area contributed by atoms with Crippen molar-refractivity contribution in [2.45, 2.75) is 6.42 Å². The van der Waals surface area contributed by atoms with E-state index in [4.69, 9.17) is 0 Å². The minimum atomic E-state index is -0.157. The Morgan fingerprint density at radius 1 is 1.08 bits per heavy atom. The van der Waals surface area contributed by atoms with E-state index in [0.29, 0.717) is 11.6 Å². The number of fused-ring (bicyclic) bond motifs is 1. The van der Waals surface area contributed by atoms with Crippen LogP contribution >= 0.6 is 11.8 Å². The van der Waals surface area contributed by atoms with Crippen LogP contribution in [-0.2, 0) is 16.0 Å². The molecule has 2 aliphatic rings. The number of amides is 2. The third-order valence-electron chi connectivity index (χ3n) is 4.52. The van der Waals surface area contributed by atoms with Crippen LogP contribution in [0.1, 0.15) is 5.56 Å². The summed E-state index contributed by atoms with van der Waals surface area (Å²) in [5.41, 5.74) is 4.28. The molecular weight excluding hydrogens is 334 g/mol. The second kappa shape index (κ2) is 6.80. The molecular formula is C19H19N3O2S. The number of para-hydroxylation sites is 3. The van der Waals surface area contributed by atoms with Crippen LogP contribution in [0.25, 0.3) is 0 Å². The number of thioether (sulfide) groups is 1. The second-order valence-electron chi connectivity index (χ2n) is 6.16. The van der Waals surface area contributed by atoms with E-state index in [2.05, 4.69) is 28.4 Å². The molecule has 0 spiro atoms. The first kappa shape index (κ1) is 16.0. The monoisotopic (exact) mass is 353 g/mol. The molecule has 1 fully saturated rings. The van der Waals surface area contributed by atoms with Gasteiger partial charge in [-0.1, -0.05) is 30.3 Å². The van der Waals surface area contributed by atoms with Crippen molar-refractivity contribution in [3.8, 4) is 0 Å². The zero-order chi connectivity index (χ0) is 17.2. The zero-order valence-electron chi connectivity index (χ0n) is 13.8. The number of hydrogen-bond acceptors (Lipinski definition) is 4. The Morgan fingerprint density at radius 2 is 1.84 bits per heavy atom. The van der Waals surface area contributed by atoms with Crippen LogP contribution in [0.5, 0.6) is 0 Å². The molecule has 0 aromatic heterocycles. The highest BCUT2D eigenvalue weighted by atomic mass is 32.2. The SMILES string of the molecule is O=C(CN1CSCC1=O)Nc1ccccc1N1CCc2ccccc21. The average molecular weight is 353 g/mol. The number of nitrogens with zero attached hydrogens (tertiary/aromatic N) is 2. The Bertz CT molecular complexity index is 824. The van der Waals surface area contributed by atoms with Crippen molar-refractivity contribution >= 4 is 40.6 Å². The fraction of sp³-hybridized carbons (Fsp3) is 0.263. The van der Waals surface area contributed by atoms with E-state index in [1.807, 2.05) is 30.3 Å². The lowest BCUT2D eigenvalue weighted by Crippen LogP contribution is -2.34. The molecule has 1 N–H and O–H groups in total. The highest BCUT2D eigenvalue weighted by Crippen LogP contribution is 2.38. The number of carbonyl (C=O) groups is 2. The first-order valence-electron chi connectivity index (χ1n) is 8.32. The molecule has 0 atom stereocenters. The van der Waals surface area contributed by atoms with E-state index >= 15 is 0 Å². The second-order valence-corrected chi connectivity index (χ2v) is 7.12. The summed E-state index contributed by atoms with van der Waals surface area (Å²) in [5.74, 6) is 0.930. The third kappa shape index (κ3) is 3.22. The molecule has 1 saturated heterocycles. The molecule has 5 nitrogen and oxygen atoms in total. The number of anilines is 3. The maximum Gasteiger partial charge on any atom is 0.244 e. The first-order valence-corrected chi connectivity index (χ1v) is 9.48. The molecule has 0 radical (unpaired) electrons. The van der Waals surface area contributed by atoms with Crippen molar-refractivity contribution in [2.75, 3.05) is 34.9 Å². The van der Waals surface area contributed by atoms with Crippen molar-refractivity contribution in [1.29, 1.82) is 0 Å². The van der Waals surface area contributed by atoms with Gasteiger partial charge in [0.15, 0.2) is 0 Å². The quantitative estimate of drug-likeness (QED) is 0.918. The third-order valence-corrected chi connectivity index (χ3v) is 5.46. The Morgan fingerprint density at radius 3 is 2.64 bits per heavy atom. The highest BCUT2D eigenvalue weighted by Gasteiger charge is 2.25. The van der Waals surface area contributed by atoms with Crippen molar-refractivity contribution < 1.29 is 9.59 Å². The fourth-order valence-corrected chi connectivity index (χ4v) is 4.21. The predicted octanol–water partition coefficient (Wildman–Crippen LogP) is 2.85. The maximum absolute atomic E-state index is 12.4. The van der Waals surface area contributed by atoms with Crippen LogP contribution in [0, 0.1) is 0 Å². The van der Waals surface area contributed by atoms with E-state index < -0.39 is 0 Å². The van der Waals surface area contributed by atoms with Gasteiger partial charge >= 0.3 is 0 Å². The number of hydrogen-bond donors (Lipinski definition) is 1. The molecule has 2 aliphatic heterocycles. The van der Waals surface area contributed by atoms with E-state index in [1.165, 1.54) is 11.3 Å². The zero-order valence-corrected chi connectivity index (χ0v) is 14.6. The fourth-order valence-electron chi connectivity index (χ4n) is 3.31. The van der Waals surface area contributed by atoms with Crippen LogP contribution in [-0.4, -0.2) is 41.4 Å². The average Bonchev–Trinajstić information content (AvgIpc) is 3.22. The van der Waals surface area contributed by atoms with Crippen LogP contribution in [0.3, 0.4) is 0 Å². The van der Waals surface area contributed by atoms with E-state index in [0.717, 1.165) is 24.3 Å². The van der Waals surface area contributed by atoms with Gasteiger partial charge in [0.05, 0.1) is 23.0 Å². The summed E-state index contributed by atoms with van der Waals surface area (Å²) in [6, 6.07) is 16.2. The molecule has 0 unspecified atom stereocenters. The van der Waals surface area contributed by atoms with Crippen molar-refractivity contribution in [1.82, 2.24) is 4.90 Å². The summed E-state index contributed by atoms with van der Waals surface area (Å²) < 4.78 is 0.